The van der Waals surface area contributed by atoms with E-state index < -0.39 is 6.29 Å². The molecule has 1 saturated heterocycles. The maximum absolute atomic E-state index is 11.3. The summed E-state index contributed by atoms with van der Waals surface area (Å²) in [7, 11) is 4.20. The number of nitrogens with one attached hydrogen (secondary N) is 1. The Morgan fingerprint density at radius 1 is 1.60 bits per heavy atom. The molecule has 0 spiro atoms. The highest BCUT2D eigenvalue weighted by molar-refractivity contribution is 5.67. The zero-order valence-electron chi connectivity index (χ0n) is 9.78. The van der Waals surface area contributed by atoms with Gasteiger partial charge in [0, 0.05) is 6.54 Å². The predicted octanol–water partition coefficient (Wildman–Crippen LogP) is 0.555. The van der Waals surface area contributed by atoms with Crippen LogP contribution in [0.15, 0.2) is 0 Å². The summed E-state index contributed by atoms with van der Waals surface area (Å²) in [6.07, 6.45) is 0.108. The number of ether oxygens (including phenoxy) is 2. The Morgan fingerprint density at radius 3 is 2.93 bits per heavy atom. The summed E-state index contributed by atoms with van der Waals surface area (Å²) >= 11 is 0. The molecule has 1 atom stereocenters. The van der Waals surface area contributed by atoms with Gasteiger partial charge in [0.25, 0.3) is 6.29 Å². The molecular formula is C10H21N2O3+. The number of hydrogen-bond acceptors (Lipinski definition) is 3. The molecule has 1 amide bonds. The smallest absolute Gasteiger partial charge is 0.409 e. The van der Waals surface area contributed by atoms with Crippen molar-refractivity contribution in [3.8, 4) is 0 Å². The van der Waals surface area contributed by atoms with Crippen LogP contribution in [-0.2, 0) is 9.47 Å². The van der Waals surface area contributed by atoms with Crippen molar-refractivity contribution in [1.29, 1.82) is 0 Å². The fourth-order valence-electron chi connectivity index (χ4n) is 1.44. The molecule has 1 fully saturated rings. The van der Waals surface area contributed by atoms with Crippen LogP contribution in [0.5, 0.6) is 0 Å². The lowest BCUT2D eigenvalue weighted by Gasteiger charge is -2.37. The minimum absolute atomic E-state index is 0.385. The number of carbonyl (C=O) groups is 1. The van der Waals surface area contributed by atoms with E-state index in [1.165, 1.54) is 0 Å². The fraction of sp³-hybridized carbons (Fsp3) is 0.900. The second-order valence-electron chi connectivity index (χ2n) is 4.47. The van der Waals surface area contributed by atoms with Crippen LogP contribution in [0.3, 0.4) is 0 Å². The number of amides is 1. The van der Waals surface area contributed by atoms with Gasteiger partial charge >= 0.3 is 6.09 Å². The van der Waals surface area contributed by atoms with Crippen LogP contribution in [0.4, 0.5) is 4.79 Å². The first-order valence-electron chi connectivity index (χ1n) is 5.41. The van der Waals surface area contributed by atoms with Crippen molar-refractivity contribution in [2.24, 2.45) is 0 Å². The Kier molecular flexibility index (Phi) is 4.35. The third-order valence-electron chi connectivity index (χ3n) is 2.40. The van der Waals surface area contributed by atoms with E-state index in [0.29, 0.717) is 19.7 Å². The Labute approximate surface area is 90.9 Å². The minimum atomic E-state index is -0.411. The Bertz CT molecular complexity index is 219. The minimum Gasteiger partial charge on any atom is -0.413 e. The maximum atomic E-state index is 11.3. The van der Waals surface area contributed by atoms with Gasteiger partial charge in [-0.15, -0.1) is 0 Å². The van der Waals surface area contributed by atoms with E-state index in [1.807, 2.05) is 6.92 Å². The molecule has 0 saturated carbocycles. The summed E-state index contributed by atoms with van der Waals surface area (Å²) in [5.41, 5.74) is 0. The number of alkyl carbamates (subject to hydrolysis) is 1. The molecule has 1 unspecified atom stereocenters. The van der Waals surface area contributed by atoms with Crippen LogP contribution < -0.4 is 5.32 Å². The van der Waals surface area contributed by atoms with Crippen molar-refractivity contribution in [3.63, 3.8) is 0 Å². The third kappa shape index (κ3) is 4.48. The molecule has 15 heavy (non-hydrogen) atoms. The van der Waals surface area contributed by atoms with Gasteiger partial charge in [-0.1, -0.05) is 6.92 Å². The maximum Gasteiger partial charge on any atom is 0.409 e. The zero-order chi connectivity index (χ0) is 11.3. The van der Waals surface area contributed by atoms with Gasteiger partial charge < -0.3 is 19.3 Å². The topological polar surface area (TPSA) is 47.6 Å². The second kappa shape index (κ2) is 5.32. The lowest BCUT2D eigenvalue weighted by atomic mass is 10.4. The molecule has 88 valence electrons. The Balaban J connectivity index is 2.28. The van der Waals surface area contributed by atoms with E-state index in [0.717, 1.165) is 17.4 Å². The SMILES string of the molecule is CCCNC(=O)OC1C[N+](C)(C)CCO1. The molecule has 1 aliphatic rings. The molecular weight excluding hydrogens is 196 g/mol. The highest BCUT2D eigenvalue weighted by Gasteiger charge is 2.30. The van der Waals surface area contributed by atoms with E-state index in [2.05, 4.69) is 19.4 Å². The van der Waals surface area contributed by atoms with Crippen molar-refractivity contribution >= 4 is 6.09 Å². The molecule has 5 nitrogen and oxygen atoms in total. The lowest BCUT2D eigenvalue weighted by molar-refractivity contribution is -0.905. The van der Waals surface area contributed by atoms with E-state index in [4.69, 9.17) is 9.47 Å². The van der Waals surface area contributed by atoms with Crippen LogP contribution in [0.25, 0.3) is 0 Å². The van der Waals surface area contributed by atoms with E-state index in [9.17, 15) is 4.79 Å². The van der Waals surface area contributed by atoms with Gasteiger partial charge in [0.05, 0.1) is 14.1 Å². The molecule has 1 N–H and O–H groups in total. The predicted molar refractivity (Wildman–Crippen MR) is 56.4 cm³/mol. The molecule has 1 rings (SSSR count). The van der Waals surface area contributed by atoms with Crippen LogP contribution in [-0.4, -0.2) is 57.2 Å². The average Bonchev–Trinajstić information content (AvgIpc) is 2.13. The van der Waals surface area contributed by atoms with Gasteiger partial charge in [0.15, 0.2) is 0 Å². The van der Waals surface area contributed by atoms with Crippen molar-refractivity contribution in [3.05, 3.63) is 0 Å². The van der Waals surface area contributed by atoms with Crippen LogP contribution in [0.1, 0.15) is 13.3 Å². The summed E-state index contributed by atoms with van der Waals surface area (Å²) in [6.45, 7) is 4.94. The number of morpholine rings is 1. The van der Waals surface area contributed by atoms with E-state index in [1.54, 1.807) is 0 Å². The molecule has 0 bridgehead atoms. The van der Waals surface area contributed by atoms with Crippen LogP contribution in [0, 0.1) is 0 Å². The van der Waals surface area contributed by atoms with Gasteiger partial charge in [-0.25, -0.2) is 4.79 Å². The van der Waals surface area contributed by atoms with Gasteiger partial charge in [-0.05, 0) is 6.42 Å². The molecule has 0 aliphatic carbocycles. The van der Waals surface area contributed by atoms with Crippen molar-refractivity contribution in [2.75, 3.05) is 40.3 Å². The molecule has 0 aromatic carbocycles. The summed E-state index contributed by atoms with van der Waals surface area (Å²) in [5.74, 6) is 0. The standard InChI is InChI=1S/C10H20N2O3/c1-4-5-11-10(13)15-9-8-12(2,3)6-7-14-9/h9H,4-8H2,1-3H3/p+1. The molecule has 0 radical (unpaired) electrons. The lowest BCUT2D eigenvalue weighted by Crippen LogP contribution is -2.54. The van der Waals surface area contributed by atoms with Gasteiger partial charge in [-0.3, -0.25) is 0 Å². The largest absolute Gasteiger partial charge is 0.413 e. The Morgan fingerprint density at radius 2 is 2.33 bits per heavy atom. The second-order valence-corrected chi connectivity index (χ2v) is 4.47. The third-order valence-corrected chi connectivity index (χ3v) is 2.40. The fourth-order valence-corrected chi connectivity index (χ4v) is 1.44. The van der Waals surface area contributed by atoms with Crippen LogP contribution >= 0.6 is 0 Å². The number of carbonyl (C=O) groups excluding carboxylic acids is 1. The first kappa shape index (κ1) is 12.3. The molecule has 0 aromatic heterocycles. The molecule has 1 aliphatic heterocycles. The summed E-state index contributed by atoms with van der Waals surface area (Å²) in [5, 5.41) is 2.66. The normalized spacial score (nSPS) is 24.6. The Hall–Kier alpha value is -0.810. The number of hydrogen-bond donors (Lipinski definition) is 1. The quantitative estimate of drug-likeness (QED) is 0.702. The first-order chi connectivity index (χ1) is 7.03. The van der Waals surface area contributed by atoms with Crippen molar-refractivity contribution in [2.45, 2.75) is 19.6 Å². The monoisotopic (exact) mass is 217 g/mol. The highest BCUT2D eigenvalue weighted by Crippen LogP contribution is 2.10. The number of likely N-dealkylation sites (N-methyl/N-ethyl adjacent to an activating group) is 1. The highest BCUT2D eigenvalue weighted by atomic mass is 16.7. The number of rotatable bonds is 3. The summed E-state index contributed by atoms with van der Waals surface area (Å²) in [6, 6.07) is 0. The van der Waals surface area contributed by atoms with Gasteiger partial charge in [0.1, 0.15) is 19.7 Å². The zero-order valence-corrected chi connectivity index (χ0v) is 9.78. The molecule has 0 aromatic rings. The molecule has 5 heteroatoms. The van der Waals surface area contributed by atoms with E-state index in [-0.39, 0.29) is 6.09 Å². The van der Waals surface area contributed by atoms with Crippen molar-refractivity contribution in [1.82, 2.24) is 5.32 Å². The number of quaternary nitrogens is 1. The van der Waals surface area contributed by atoms with Crippen LogP contribution in [0.2, 0.25) is 0 Å². The first-order valence-corrected chi connectivity index (χ1v) is 5.41. The molecule has 1 heterocycles. The van der Waals surface area contributed by atoms with Gasteiger partial charge in [0.2, 0.25) is 0 Å². The average molecular weight is 217 g/mol. The summed E-state index contributed by atoms with van der Waals surface area (Å²) < 4.78 is 11.3. The number of nitrogens with zero attached hydrogens (tertiary/aromatic N) is 1. The van der Waals surface area contributed by atoms with Gasteiger partial charge in [-0.2, -0.15) is 0 Å². The summed E-state index contributed by atoms with van der Waals surface area (Å²) in [4.78, 5) is 11.3. The van der Waals surface area contributed by atoms with E-state index >= 15 is 0 Å². The van der Waals surface area contributed by atoms with Crippen molar-refractivity contribution < 1.29 is 18.8 Å².